The van der Waals surface area contributed by atoms with Crippen LogP contribution in [0.15, 0.2) is 35.7 Å². The predicted molar refractivity (Wildman–Crippen MR) is 103 cm³/mol. The molecule has 6 heteroatoms. The Kier molecular flexibility index (Phi) is 6.13. The minimum Gasteiger partial charge on any atom is -0.308 e. The standard InChI is InChI=1S/C19H26NO3PS/c1-4-22-24(21,23-5-2)19(17-9-7-6-8-15(17)3)20-12-10-18-16(14-20)11-13-25-18/h6-9,11,13,19H,4-5,10,12,14H2,1-3H3. The first-order valence-electron chi connectivity index (χ1n) is 8.82. The molecule has 0 N–H and O–H groups in total. The van der Waals surface area contributed by atoms with E-state index in [1.165, 1.54) is 10.4 Å². The van der Waals surface area contributed by atoms with Crippen molar-refractivity contribution < 1.29 is 13.6 Å². The van der Waals surface area contributed by atoms with E-state index >= 15 is 0 Å². The molecule has 4 nitrogen and oxygen atoms in total. The lowest BCUT2D eigenvalue weighted by Gasteiger charge is -2.38. The quantitative estimate of drug-likeness (QED) is 0.606. The van der Waals surface area contributed by atoms with Gasteiger partial charge in [-0.2, -0.15) is 0 Å². The maximum Gasteiger partial charge on any atom is 0.352 e. The van der Waals surface area contributed by atoms with Crippen LogP contribution >= 0.6 is 18.9 Å². The van der Waals surface area contributed by atoms with Gasteiger partial charge in [0.1, 0.15) is 5.78 Å². The van der Waals surface area contributed by atoms with Gasteiger partial charge in [0.25, 0.3) is 0 Å². The number of nitrogens with zero attached hydrogens (tertiary/aromatic N) is 1. The number of fused-ring (bicyclic) bond motifs is 1. The lowest BCUT2D eigenvalue weighted by Crippen LogP contribution is -2.34. The van der Waals surface area contributed by atoms with Gasteiger partial charge in [0.15, 0.2) is 0 Å². The Morgan fingerprint density at radius 3 is 2.60 bits per heavy atom. The summed E-state index contributed by atoms with van der Waals surface area (Å²) < 4.78 is 25.2. The fourth-order valence-corrected chi connectivity index (χ4v) is 6.65. The number of aryl methyl sites for hydroxylation is 1. The fraction of sp³-hybridized carbons (Fsp3) is 0.474. The topological polar surface area (TPSA) is 38.8 Å². The second-order valence-corrected chi connectivity index (χ2v) is 9.28. The molecule has 1 atom stereocenters. The van der Waals surface area contributed by atoms with Gasteiger partial charge in [-0.15, -0.1) is 11.3 Å². The summed E-state index contributed by atoms with van der Waals surface area (Å²) >= 11 is 1.81. The molecule has 3 rings (SSSR count). The molecule has 1 aromatic heterocycles. The molecule has 25 heavy (non-hydrogen) atoms. The van der Waals surface area contributed by atoms with E-state index in [0.29, 0.717) is 13.2 Å². The molecule has 1 aliphatic heterocycles. The van der Waals surface area contributed by atoms with Crippen LogP contribution in [0.25, 0.3) is 0 Å². The van der Waals surface area contributed by atoms with Crippen LogP contribution in [0, 0.1) is 6.92 Å². The first kappa shape index (κ1) is 18.8. The zero-order valence-corrected chi connectivity index (χ0v) is 16.8. The van der Waals surface area contributed by atoms with E-state index in [1.54, 1.807) is 0 Å². The highest BCUT2D eigenvalue weighted by Gasteiger charge is 2.42. The number of rotatable bonds is 7. The average molecular weight is 379 g/mol. The van der Waals surface area contributed by atoms with E-state index in [2.05, 4.69) is 29.3 Å². The third kappa shape index (κ3) is 3.91. The number of hydrogen-bond donors (Lipinski definition) is 0. The van der Waals surface area contributed by atoms with Crippen molar-refractivity contribution in [3.05, 3.63) is 57.3 Å². The maximum atomic E-state index is 13.7. The molecule has 0 fully saturated rings. The minimum atomic E-state index is -3.31. The summed E-state index contributed by atoms with van der Waals surface area (Å²) in [5.41, 5.74) is 3.48. The van der Waals surface area contributed by atoms with Gasteiger partial charge in [-0.1, -0.05) is 24.3 Å². The van der Waals surface area contributed by atoms with Crippen molar-refractivity contribution in [2.75, 3.05) is 19.8 Å². The van der Waals surface area contributed by atoms with E-state index in [0.717, 1.165) is 30.6 Å². The van der Waals surface area contributed by atoms with Crippen molar-refractivity contribution in [3.8, 4) is 0 Å². The molecular formula is C19H26NO3PS. The molecule has 2 heterocycles. The first-order chi connectivity index (χ1) is 12.1. The van der Waals surface area contributed by atoms with Crippen LogP contribution in [0.5, 0.6) is 0 Å². The third-order valence-electron chi connectivity index (χ3n) is 4.57. The van der Waals surface area contributed by atoms with Crippen LogP contribution in [-0.4, -0.2) is 24.7 Å². The Balaban J connectivity index is 2.03. The fourth-order valence-electron chi connectivity index (χ4n) is 3.46. The summed E-state index contributed by atoms with van der Waals surface area (Å²) in [5, 5.41) is 2.14. The van der Waals surface area contributed by atoms with Crippen LogP contribution in [0.1, 0.15) is 41.2 Å². The number of benzene rings is 1. The molecular weight excluding hydrogens is 353 g/mol. The van der Waals surface area contributed by atoms with Gasteiger partial charge in [0.2, 0.25) is 0 Å². The van der Waals surface area contributed by atoms with Crippen molar-refractivity contribution >= 4 is 18.9 Å². The SMILES string of the molecule is CCOP(=O)(OCC)C(c1ccccc1C)N1CCc2sccc2C1. The minimum absolute atomic E-state index is 0.372. The van der Waals surface area contributed by atoms with E-state index in [4.69, 9.17) is 9.05 Å². The molecule has 0 amide bonds. The zero-order chi connectivity index (χ0) is 17.9. The largest absolute Gasteiger partial charge is 0.352 e. The second-order valence-electron chi connectivity index (χ2n) is 6.20. The maximum absolute atomic E-state index is 13.7. The number of thiophene rings is 1. The van der Waals surface area contributed by atoms with E-state index < -0.39 is 7.60 Å². The smallest absolute Gasteiger partial charge is 0.308 e. The van der Waals surface area contributed by atoms with Crippen molar-refractivity contribution in [2.45, 2.75) is 39.5 Å². The lowest BCUT2D eigenvalue weighted by molar-refractivity contribution is 0.154. The van der Waals surface area contributed by atoms with Crippen molar-refractivity contribution in [1.29, 1.82) is 0 Å². The summed E-state index contributed by atoms with van der Waals surface area (Å²) in [4.78, 5) is 3.70. The van der Waals surface area contributed by atoms with Crippen LogP contribution in [0.2, 0.25) is 0 Å². The van der Waals surface area contributed by atoms with Gasteiger partial charge < -0.3 is 9.05 Å². The van der Waals surface area contributed by atoms with Crippen molar-refractivity contribution in [2.24, 2.45) is 0 Å². The van der Waals surface area contributed by atoms with Crippen LogP contribution in [-0.2, 0) is 26.6 Å². The molecule has 2 aromatic rings. The second kappa shape index (κ2) is 8.15. The summed E-state index contributed by atoms with van der Waals surface area (Å²) in [7, 11) is -3.31. The van der Waals surface area contributed by atoms with Gasteiger partial charge in [-0.3, -0.25) is 9.46 Å². The van der Waals surface area contributed by atoms with E-state index in [1.807, 2.05) is 43.4 Å². The monoisotopic (exact) mass is 379 g/mol. The molecule has 1 aromatic carbocycles. The molecule has 0 bridgehead atoms. The van der Waals surface area contributed by atoms with Crippen LogP contribution in [0.4, 0.5) is 0 Å². The Hall–Kier alpha value is -0.970. The van der Waals surface area contributed by atoms with Gasteiger partial charge >= 0.3 is 7.60 Å². The molecule has 0 aliphatic carbocycles. The van der Waals surface area contributed by atoms with Crippen LogP contribution < -0.4 is 0 Å². The highest BCUT2D eigenvalue weighted by atomic mass is 32.1. The Morgan fingerprint density at radius 1 is 1.20 bits per heavy atom. The molecule has 1 unspecified atom stereocenters. The lowest BCUT2D eigenvalue weighted by atomic mass is 10.1. The van der Waals surface area contributed by atoms with Gasteiger partial charge in [-0.05, 0) is 55.3 Å². The highest BCUT2D eigenvalue weighted by molar-refractivity contribution is 7.54. The first-order valence-corrected chi connectivity index (χ1v) is 11.3. The summed E-state index contributed by atoms with van der Waals surface area (Å²) in [6, 6.07) is 10.3. The molecule has 0 saturated carbocycles. The summed E-state index contributed by atoms with van der Waals surface area (Å²) in [6.07, 6.45) is 0.980. The van der Waals surface area contributed by atoms with Crippen LogP contribution in [0.3, 0.4) is 0 Å². The average Bonchev–Trinajstić information content (AvgIpc) is 3.05. The molecule has 136 valence electrons. The Morgan fingerprint density at radius 2 is 1.92 bits per heavy atom. The van der Waals surface area contributed by atoms with Gasteiger partial charge in [0.05, 0.1) is 13.2 Å². The Labute approximate surface area is 154 Å². The zero-order valence-electron chi connectivity index (χ0n) is 15.1. The van der Waals surface area contributed by atoms with Crippen molar-refractivity contribution in [3.63, 3.8) is 0 Å². The summed E-state index contributed by atoms with van der Waals surface area (Å²) in [6.45, 7) is 8.18. The van der Waals surface area contributed by atoms with Gasteiger partial charge in [-0.25, -0.2) is 0 Å². The molecule has 1 aliphatic rings. The summed E-state index contributed by atoms with van der Waals surface area (Å²) in [5.74, 6) is -0.373. The molecule has 0 radical (unpaired) electrons. The molecule has 0 spiro atoms. The normalized spacial score (nSPS) is 16.6. The Bertz CT molecular complexity index is 751. The molecule has 0 saturated heterocycles. The third-order valence-corrected chi connectivity index (χ3v) is 8.03. The van der Waals surface area contributed by atoms with Crippen molar-refractivity contribution in [1.82, 2.24) is 4.90 Å². The van der Waals surface area contributed by atoms with E-state index in [-0.39, 0.29) is 5.78 Å². The number of hydrogen-bond acceptors (Lipinski definition) is 5. The highest BCUT2D eigenvalue weighted by Crippen LogP contribution is 2.63. The predicted octanol–water partition coefficient (Wildman–Crippen LogP) is 5.38. The van der Waals surface area contributed by atoms with E-state index in [9.17, 15) is 4.57 Å². The van der Waals surface area contributed by atoms with Gasteiger partial charge in [0, 0.05) is 18.0 Å².